The van der Waals surface area contributed by atoms with Crippen molar-refractivity contribution in [1.82, 2.24) is 0 Å². The topological polar surface area (TPSA) is 9.23 Å². The van der Waals surface area contributed by atoms with Gasteiger partial charge in [0, 0.05) is 8.95 Å². The van der Waals surface area contributed by atoms with Gasteiger partial charge in [0.15, 0.2) is 0 Å². The Balaban J connectivity index is 2.22. The number of halogens is 2. The first kappa shape index (κ1) is 12.7. The van der Waals surface area contributed by atoms with Gasteiger partial charge in [-0.25, -0.2) is 0 Å². The van der Waals surface area contributed by atoms with Gasteiger partial charge in [0.2, 0.25) is 0 Å². The van der Waals surface area contributed by atoms with Crippen LogP contribution in [0.15, 0.2) is 51.4 Å². The smallest absolute Gasteiger partial charge is 0.128 e. The maximum atomic E-state index is 5.78. The lowest BCUT2D eigenvalue weighted by molar-refractivity contribution is 0.482. The van der Waals surface area contributed by atoms with Gasteiger partial charge >= 0.3 is 0 Å². The Labute approximate surface area is 118 Å². The molecule has 0 aliphatic heterocycles. The third-order valence-electron chi connectivity index (χ3n) is 2.44. The summed E-state index contributed by atoms with van der Waals surface area (Å²) in [7, 11) is 0. The van der Waals surface area contributed by atoms with Crippen molar-refractivity contribution in [2.45, 2.75) is 13.3 Å². The van der Waals surface area contributed by atoms with Crippen LogP contribution in [0.5, 0.6) is 11.5 Å². The van der Waals surface area contributed by atoms with E-state index in [0.717, 1.165) is 26.9 Å². The molecule has 88 valence electrons. The standard InChI is InChI=1S/C14H12Br2O/c1-2-10-6-7-13(9-14(10)16)17-12-5-3-4-11(15)8-12/h3-9H,2H2,1H3. The molecule has 2 aromatic rings. The molecule has 2 rings (SSSR count). The zero-order chi connectivity index (χ0) is 12.3. The van der Waals surface area contributed by atoms with Gasteiger partial charge < -0.3 is 4.74 Å². The molecule has 1 nitrogen and oxygen atoms in total. The lowest BCUT2D eigenvalue weighted by Crippen LogP contribution is -1.87. The normalized spacial score (nSPS) is 10.3. The van der Waals surface area contributed by atoms with Crippen molar-refractivity contribution in [3.05, 3.63) is 57.0 Å². The van der Waals surface area contributed by atoms with Crippen LogP contribution in [0.1, 0.15) is 12.5 Å². The van der Waals surface area contributed by atoms with Crippen molar-refractivity contribution in [1.29, 1.82) is 0 Å². The Morgan fingerprint density at radius 1 is 1.00 bits per heavy atom. The fourth-order valence-corrected chi connectivity index (χ4v) is 2.56. The van der Waals surface area contributed by atoms with E-state index in [1.54, 1.807) is 0 Å². The number of benzene rings is 2. The largest absolute Gasteiger partial charge is 0.457 e. The molecule has 0 unspecified atom stereocenters. The average Bonchev–Trinajstić information content (AvgIpc) is 2.29. The molecule has 0 N–H and O–H groups in total. The van der Waals surface area contributed by atoms with Crippen molar-refractivity contribution in [3.8, 4) is 11.5 Å². The minimum Gasteiger partial charge on any atom is -0.457 e. The van der Waals surface area contributed by atoms with Crippen LogP contribution in [0.3, 0.4) is 0 Å². The third kappa shape index (κ3) is 3.33. The lowest BCUT2D eigenvalue weighted by atomic mass is 10.2. The minimum atomic E-state index is 0.829. The van der Waals surface area contributed by atoms with Gasteiger partial charge in [0.25, 0.3) is 0 Å². The number of rotatable bonds is 3. The number of aryl methyl sites for hydroxylation is 1. The highest BCUT2D eigenvalue weighted by molar-refractivity contribution is 9.10. The van der Waals surface area contributed by atoms with Crippen LogP contribution in [0.25, 0.3) is 0 Å². The Morgan fingerprint density at radius 3 is 2.41 bits per heavy atom. The Morgan fingerprint density at radius 2 is 1.76 bits per heavy atom. The highest BCUT2D eigenvalue weighted by Crippen LogP contribution is 2.28. The molecular weight excluding hydrogens is 344 g/mol. The van der Waals surface area contributed by atoms with E-state index in [9.17, 15) is 0 Å². The van der Waals surface area contributed by atoms with Gasteiger partial charge in [-0.05, 0) is 42.3 Å². The van der Waals surface area contributed by atoms with Crippen LogP contribution in [0.4, 0.5) is 0 Å². The zero-order valence-corrected chi connectivity index (χ0v) is 12.6. The molecule has 0 atom stereocenters. The highest BCUT2D eigenvalue weighted by atomic mass is 79.9. The van der Waals surface area contributed by atoms with E-state index in [1.165, 1.54) is 5.56 Å². The molecule has 0 heterocycles. The summed E-state index contributed by atoms with van der Waals surface area (Å²) in [4.78, 5) is 0. The summed E-state index contributed by atoms with van der Waals surface area (Å²) in [5.41, 5.74) is 1.28. The molecule has 0 aliphatic rings. The summed E-state index contributed by atoms with van der Waals surface area (Å²) in [6, 6.07) is 13.9. The summed E-state index contributed by atoms with van der Waals surface area (Å²) < 4.78 is 7.88. The van der Waals surface area contributed by atoms with E-state index < -0.39 is 0 Å². The monoisotopic (exact) mass is 354 g/mol. The molecule has 0 aliphatic carbocycles. The molecule has 0 saturated carbocycles. The molecule has 0 radical (unpaired) electrons. The number of hydrogen-bond donors (Lipinski definition) is 0. The van der Waals surface area contributed by atoms with Gasteiger partial charge in [-0.1, -0.05) is 50.9 Å². The van der Waals surface area contributed by atoms with E-state index in [-0.39, 0.29) is 0 Å². The van der Waals surface area contributed by atoms with Gasteiger partial charge in [-0.3, -0.25) is 0 Å². The summed E-state index contributed by atoms with van der Waals surface area (Å²) in [5, 5.41) is 0. The molecule has 3 heteroatoms. The van der Waals surface area contributed by atoms with Gasteiger partial charge in [0.1, 0.15) is 11.5 Å². The molecule has 0 bridgehead atoms. The molecular formula is C14H12Br2O. The molecule has 0 saturated heterocycles. The van der Waals surface area contributed by atoms with Crippen LogP contribution in [-0.4, -0.2) is 0 Å². The second-order valence-electron chi connectivity index (χ2n) is 3.67. The van der Waals surface area contributed by atoms with Crippen LogP contribution in [0.2, 0.25) is 0 Å². The average molecular weight is 356 g/mol. The van der Waals surface area contributed by atoms with Crippen LogP contribution in [0, 0.1) is 0 Å². The van der Waals surface area contributed by atoms with E-state index in [2.05, 4.69) is 44.8 Å². The fourth-order valence-electron chi connectivity index (χ4n) is 1.54. The highest BCUT2D eigenvalue weighted by Gasteiger charge is 2.02. The van der Waals surface area contributed by atoms with Crippen molar-refractivity contribution >= 4 is 31.9 Å². The maximum absolute atomic E-state index is 5.78. The zero-order valence-electron chi connectivity index (χ0n) is 9.41. The van der Waals surface area contributed by atoms with E-state index in [0.29, 0.717) is 0 Å². The summed E-state index contributed by atoms with van der Waals surface area (Å²) in [5.74, 6) is 1.67. The molecule has 0 amide bonds. The van der Waals surface area contributed by atoms with Crippen molar-refractivity contribution < 1.29 is 4.74 Å². The van der Waals surface area contributed by atoms with E-state index in [4.69, 9.17) is 4.74 Å². The summed E-state index contributed by atoms with van der Waals surface area (Å²) >= 11 is 6.97. The second kappa shape index (κ2) is 5.69. The van der Waals surface area contributed by atoms with Crippen LogP contribution in [-0.2, 0) is 6.42 Å². The first-order valence-electron chi connectivity index (χ1n) is 5.41. The van der Waals surface area contributed by atoms with Crippen LogP contribution < -0.4 is 4.74 Å². The van der Waals surface area contributed by atoms with Crippen LogP contribution >= 0.6 is 31.9 Å². The number of ether oxygens (including phenoxy) is 1. The quantitative estimate of drug-likeness (QED) is 0.699. The Hall–Kier alpha value is -0.800. The molecule has 0 aromatic heterocycles. The second-order valence-corrected chi connectivity index (χ2v) is 5.44. The molecule has 0 fully saturated rings. The maximum Gasteiger partial charge on any atom is 0.128 e. The SMILES string of the molecule is CCc1ccc(Oc2cccc(Br)c2)cc1Br. The van der Waals surface area contributed by atoms with Crippen molar-refractivity contribution in [3.63, 3.8) is 0 Å². The van der Waals surface area contributed by atoms with Crippen molar-refractivity contribution in [2.24, 2.45) is 0 Å². The van der Waals surface area contributed by atoms with Crippen molar-refractivity contribution in [2.75, 3.05) is 0 Å². The molecule has 0 spiro atoms. The van der Waals surface area contributed by atoms with E-state index >= 15 is 0 Å². The summed E-state index contributed by atoms with van der Waals surface area (Å²) in [6.45, 7) is 2.13. The number of hydrogen-bond acceptors (Lipinski definition) is 1. The summed E-state index contributed by atoms with van der Waals surface area (Å²) in [6.07, 6.45) is 1.01. The minimum absolute atomic E-state index is 0.829. The Kier molecular flexibility index (Phi) is 4.24. The first-order valence-corrected chi connectivity index (χ1v) is 6.99. The predicted octanol–water partition coefficient (Wildman–Crippen LogP) is 5.57. The molecule has 2 aromatic carbocycles. The third-order valence-corrected chi connectivity index (χ3v) is 3.67. The lowest BCUT2D eigenvalue weighted by Gasteiger charge is -2.08. The van der Waals surface area contributed by atoms with E-state index in [1.807, 2.05) is 36.4 Å². The molecule has 17 heavy (non-hydrogen) atoms. The first-order chi connectivity index (χ1) is 8.19. The van der Waals surface area contributed by atoms with Gasteiger partial charge in [-0.2, -0.15) is 0 Å². The van der Waals surface area contributed by atoms with Gasteiger partial charge in [-0.15, -0.1) is 0 Å². The fraction of sp³-hybridized carbons (Fsp3) is 0.143. The Bertz CT molecular complexity index is 523. The predicted molar refractivity (Wildman–Crippen MR) is 77.7 cm³/mol. The van der Waals surface area contributed by atoms with Gasteiger partial charge in [0.05, 0.1) is 0 Å².